The standard InChI is InChI=1S/C21H32N2O7SSi/c1-5-6-13-32(3,4)30-12-11-17-18(24)22(20(17)31-2)19(25)21(26)29-14-15-7-9-16(10-8-15)23(27)28/h7-10,17,19-20,25H,5-6,11-14H2,1-4H3. The molecule has 0 bridgehead atoms. The highest BCUT2D eigenvalue weighted by Crippen LogP contribution is 2.38. The molecule has 1 aromatic carbocycles. The van der Waals surface area contributed by atoms with Gasteiger partial charge in [0, 0.05) is 18.7 Å². The summed E-state index contributed by atoms with van der Waals surface area (Å²) in [6.45, 7) is 6.83. The van der Waals surface area contributed by atoms with E-state index in [1.165, 1.54) is 36.0 Å². The summed E-state index contributed by atoms with van der Waals surface area (Å²) < 4.78 is 11.2. The highest BCUT2D eigenvalue weighted by atomic mass is 32.2. The van der Waals surface area contributed by atoms with Crippen molar-refractivity contribution in [3.8, 4) is 0 Å². The molecule has 0 spiro atoms. The van der Waals surface area contributed by atoms with Crippen LogP contribution >= 0.6 is 11.8 Å². The Morgan fingerprint density at radius 2 is 2.00 bits per heavy atom. The fourth-order valence-electron chi connectivity index (χ4n) is 3.55. The minimum absolute atomic E-state index is 0.0689. The molecule has 1 N–H and O–H groups in total. The molecular weight excluding hydrogens is 452 g/mol. The molecule has 1 amide bonds. The van der Waals surface area contributed by atoms with Crippen molar-refractivity contribution in [1.82, 2.24) is 4.90 Å². The molecule has 32 heavy (non-hydrogen) atoms. The first-order valence-corrected chi connectivity index (χ1v) is 15.1. The number of esters is 1. The lowest BCUT2D eigenvalue weighted by molar-refractivity contribution is -0.384. The molecule has 0 aromatic heterocycles. The number of nitro groups is 1. The number of non-ortho nitro benzene ring substituents is 1. The number of hydrogen-bond donors (Lipinski definition) is 1. The monoisotopic (exact) mass is 484 g/mol. The molecule has 11 heteroatoms. The van der Waals surface area contributed by atoms with Gasteiger partial charge >= 0.3 is 5.97 Å². The van der Waals surface area contributed by atoms with Crippen molar-refractivity contribution in [3.05, 3.63) is 39.9 Å². The van der Waals surface area contributed by atoms with Crippen LogP contribution in [0.4, 0.5) is 5.69 Å². The van der Waals surface area contributed by atoms with Gasteiger partial charge in [-0.05, 0) is 49.5 Å². The van der Waals surface area contributed by atoms with Crippen LogP contribution in [0.5, 0.6) is 0 Å². The quantitative estimate of drug-likeness (QED) is 0.148. The fraction of sp³-hybridized carbons (Fsp3) is 0.619. The zero-order chi connectivity index (χ0) is 23.9. The summed E-state index contributed by atoms with van der Waals surface area (Å²) in [5, 5.41) is 20.7. The lowest BCUT2D eigenvalue weighted by Crippen LogP contribution is -2.65. The highest BCUT2D eigenvalue weighted by Gasteiger charge is 2.51. The van der Waals surface area contributed by atoms with E-state index in [2.05, 4.69) is 20.0 Å². The number of ether oxygens (including phenoxy) is 1. The molecule has 1 aliphatic rings. The Labute approximate surface area is 193 Å². The molecule has 1 fully saturated rings. The van der Waals surface area contributed by atoms with Crippen LogP contribution in [0.15, 0.2) is 24.3 Å². The third-order valence-electron chi connectivity index (χ3n) is 5.49. The molecule has 1 heterocycles. The number of β-lactam (4-membered cyclic amide) rings is 1. The SMILES string of the molecule is CCCC[Si](C)(C)OCCC1C(=O)N(C(O)C(=O)OCc2ccc([N+](=O)[O-])cc2)C1SC. The normalized spacial score (nSPS) is 19.4. The number of thioether (sulfide) groups is 1. The number of nitro benzene ring substituents is 1. The predicted octanol–water partition coefficient (Wildman–Crippen LogP) is 3.52. The van der Waals surface area contributed by atoms with Crippen molar-refractivity contribution in [2.24, 2.45) is 5.92 Å². The van der Waals surface area contributed by atoms with E-state index < -0.39 is 25.4 Å². The number of aliphatic hydroxyl groups excluding tert-OH is 1. The lowest BCUT2D eigenvalue weighted by Gasteiger charge is -2.47. The van der Waals surface area contributed by atoms with E-state index in [0.717, 1.165) is 23.8 Å². The summed E-state index contributed by atoms with van der Waals surface area (Å²) in [5.74, 6) is -1.53. The number of aliphatic hydroxyl groups is 1. The molecule has 2 rings (SSSR count). The average Bonchev–Trinajstić information content (AvgIpc) is 2.76. The Morgan fingerprint density at radius 3 is 2.56 bits per heavy atom. The van der Waals surface area contributed by atoms with Crippen LogP contribution < -0.4 is 0 Å². The summed E-state index contributed by atoms with van der Waals surface area (Å²) >= 11 is 1.40. The van der Waals surface area contributed by atoms with Gasteiger partial charge in [0.15, 0.2) is 8.32 Å². The maximum absolute atomic E-state index is 12.6. The van der Waals surface area contributed by atoms with Crippen molar-refractivity contribution >= 4 is 37.6 Å². The van der Waals surface area contributed by atoms with E-state index in [0.29, 0.717) is 18.6 Å². The first-order valence-electron chi connectivity index (χ1n) is 10.7. The number of carbonyl (C=O) groups is 2. The van der Waals surface area contributed by atoms with Crippen molar-refractivity contribution < 1.29 is 28.8 Å². The molecule has 1 aromatic rings. The Kier molecular flexibility index (Phi) is 9.68. The summed E-state index contributed by atoms with van der Waals surface area (Å²) in [5.41, 5.74) is 0.470. The van der Waals surface area contributed by atoms with Gasteiger partial charge in [-0.3, -0.25) is 19.8 Å². The molecule has 1 saturated heterocycles. The van der Waals surface area contributed by atoms with Gasteiger partial charge < -0.3 is 14.3 Å². The summed E-state index contributed by atoms with van der Waals surface area (Å²) in [6, 6.07) is 6.64. The molecule has 9 nitrogen and oxygen atoms in total. The molecule has 1 aliphatic heterocycles. The van der Waals surface area contributed by atoms with E-state index in [9.17, 15) is 24.8 Å². The number of carbonyl (C=O) groups excluding carboxylic acids is 2. The van der Waals surface area contributed by atoms with Gasteiger partial charge in [0.1, 0.15) is 6.61 Å². The number of benzene rings is 1. The van der Waals surface area contributed by atoms with Crippen LogP contribution in [-0.2, 0) is 25.4 Å². The Morgan fingerprint density at radius 1 is 1.34 bits per heavy atom. The number of amides is 1. The first kappa shape index (κ1) is 26.3. The first-order chi connectivity index (χ1) is 15.1. The summed E-state index contributed by atoms with van der Waals surface area (Å²) in [7, 11) is -1.74. The molecule has 0 saturated carbocycles. The van der Waals surface area contributed by atoms with E-state index in [1.54, 1.807) is 0 Å². The second kappa shape index (κ2) is 11.8. The molecule has 178 valence electrons. The molecule has 3 unspecified atom stereocenters. The van der Waals surface area contributed by atoms with E-state index in [4.69, 9.17) is 9.16 Å². The van der Waals surface area contributed by atoms with Gasteiger partial charge in [-0.25, -0.2) is 4.79 Å². The van der Waals surface area contributed by atoms with Crippen molar-refractivity contribution in [3.63, 3.8) is 0 Å². The van der Waals surface area contributed by atoms with Gasteiger partial charge in [0.25, 0.3) is 5.69 Å². The van der Waals surface area contributed by atoms with Crippen LogP contribution in [0.1, 0.15) is 31.7 Å². The fourth-order valence-corrected chi connectivity index (χ4v) is 6.59. The van der Waals surface area contributed by atoms with E-state index >= 15 is 0 Å². The second-order valence-corrected chi connectivity index (χ2v) is 13.6. The molecular formula is C21H32N2O7SSi. The van der Waals surface area contributed by atoms with Crippen molar-refractivity contribution in [1.29, 1.82) is 0 Å². The zero-order valence-corrected chi connectivity index (χ0v) is 20.8. The third kappa shape index (κ3) is 6.77. The van der Waals surface area contributed by atoms with Gasteiger partial charge in [-0.15, -0.1) is 11.8 Å². The predicted molar refractivity (Wildman–Crippen MR) is 124 cm³/mol. The average molecular weight is 485 g/mol. The van der Waals surface area contributed by atoms with Gasteiger partial charge in [0.2, 0.25) is 12.1 Å². The smallest absolute Gasteiger partial charge is 0.356 e. The minimum atomic E-state index is -1.74. The second-order valence-electron chi connectivity index (χ2n) is 8.38. The zero-order valence-electron chi connectivity index (χ0n) is 19.0. The van der Waals surface area contributed by atoms with Gasteiger partial charge in [0.05, 0.1) is 16.2 Å². The van der Waals surface area contributed by atoms with Crippen LogP contribution in [0.25, 0.3) is 0 Å². The molecule has 3 atom stereocenters. The minimum Gasteiger partial charge on any atom is -0.457 e. The number of hydrogen-bond acceptors (Lipinski definition) is 8. The Balaban J connectivity index is 1.84. The summed E-state index contributed by atoms with van der Waals surface area (Å²) in [4.78, 5) is 36.2. The lowest BCUT2D eigenvalue weighted by atomic mass is 9.94. The number of nitrogens with zero attached hydrogens (tertiary/aromatic N) is 2. The largest absolute Gasteiger partial charge is 0.457 e. The van der Waals surface area contributed by atoms with Crippen molar-refractivity contribution in [2.75, 3.05) is 12.9 Å². The van der Waals surface area contributed by atoms with Crippen molar-refractivity contribution in [2.45, 2.75) is 63.5 Å². The maximum atomic E-state index is 12.6. The van der Waals surface area contributed by atoms with Crippen LogP contribution in [0.3, 0.4) is 0 Å². The Hall–Kier alpha value is -1.95. The Bertz CT molecular complexity index is 806. The van der Waals surface area contributed by atoms with Gasteiger partial charge in [-0.2, -0.15) is 0 Å². The topological polar surface area (TPSA) is 119 Å². The number of unbranched alkanes of at least 4 members (excludes halogenated alkanes) is 1. The maximum Gasteiger partial charge on any atom is 0.356 e. The summed E-state index contributed by atoms with van der Waals surface area (Å²) in [6.07, 6.45) is 2.95. The number of likely N-dealkylation sites (tertiary alicyclic amines) is 1. The molecule has 0 aliphatic carbocycles. The molecule has 0 radical (unpaired) electrons. The third-order valence-corrected chi connectivity index (χ3v) is 9.07. The highest BCUT2D eigenvalue weighted by molar-refractivity contribution is 7.99. The van der Waals surface area contributed by atoms with Gasteiger partial charge in [-0.1, -0.05) is 19.8 Å². The van der Waals surface area contributed by atoms with E-state index in [-0.39, 0.29) is 29.5 Å². The van der Waals surface area contributed by atoms with Crippen LogP contribution in [-0.4, -0.2) is 59.6 Å². The van der Waals surface area contributed by atoms with Crippen LogP contribution in [0, 0.1) is 16.0 Å². The number of rotatable bonds is 13. The van der Waals surface area contributed by atoms with E-state index in [1.807, 2.05) is 6.26 Å². The van der Waals surface area contributed by atoms with Crippen LogP contribution in [0.2, 0.25) is 19.1 Å².